The molecule has 1 saturated heterocycles. The van der Waals surface area contributed by atoms with Crippen molar-refractivity contribution in [3.05, 3.63) is 29.8 Å². The fourth-order valence-corrected chi connectivity index (χ4v) is 3.80. The lowest BCUT2D eigenvalue weighted by atomic mass is 9.82. The first-order chi connectivity index (χ1) is 9.85. The summed E-state index contributed by atoms with van der Waals surface area (Å²) in [5, 5.41) is 3.22. The highest BCUT2D eigenvalue weighted by atomic mass is 35.5. The summed E-state index contributed by atoms with van der Waals surface area (Å²) in [6.07, 6.45) is 2.93. The van der Waals surface area contributed by atoms with Crippen LogP contribution >= 0.6 is 12.4 Å². The maximum atomic E-state index is 12.4. The highest BCUT2D eigenvalue weighted by Gasteiger charge is 2.23. The van der Waals surface area contributed by atoms with Gasteiger partial charge in [-0.2, -0.15) is 0 Å². The second-order valence-corrected chi connectivity index (χ2v) is 8.14. The fraction of sp³-hybridized carbons (Fsp3) is 0.625. The zero-order valence-corrected chi connectivity index (χ0v) is 15.2. The summed E-state index contributed by atoms with van der Waals surface area (Å²) in [6, 6.07) is 7.28. The molecule has 1 atom stereocenters. The summed E-state index contributed by atoms with van der Waals surface area (Å²) in [6.45, 7) is 8.16. The van der Waals surface area contributed by atoms with E-state index in [2.05, 4.69) is 30.8 Å². The molecule has 0 amide bonds. The van der Waals surface area contributed by atoms with Crippen LogP contribution in [0.1, 0.15) is 45.6 Å². The van der Waals surface area contributed by atoms with Gasteiger partial charge >= 0.3 is 0 Å². The van der Waals surface area contributed by atoms with Crippen LogP contribution < -0.4 is 10.0 Å². The molecule has 0 aliphatic carbocycles. The van der Waals surface area contributed by atoms with Gasteiger partial charge in [-0.05, 0) is 48.9 Å². The third kappa shape index (κ3) is 4.69. The lowest BCUT2D eigenvalue weighted by Gasteiger charge is -2.25. The van der Waals surface area contributed by atoms with E-state index in [0.717, 1.165) is 25.8 Å². The minimum atomic E-state index is -3.42. The summed E-state index contributed by atoms with van der Waals surface area (Å²) < 4.78 is 27.6. The van der Waals surface area contributed by atoms with Gasteiger partial charge < -0.3 is 5.32 Å². The average molecular weight is 347 g/mol. The Morgan fingerprint density at radius 2 is 1.91 bits per heavy atom. The van der Waals surface area contributed by atoms with Crippen LogP contribution in [0.2, 0.25) is 0 Å². The second kappa shape index (κ2) is 7.77. The molecule has 0 aromatic heterocycles. The van der Waals surface area contributed by atoms with Gasteiger partial charge in [0.2, 0.25) is 10.0 Å². The summed E-state index contributed by atoms with van der Waals surface area (Å²) in [5.41, 5.74) is 1.24. The molecule has 4 nitrogen and oxygen atoms in total. The first kappa shape index (κ1) is 19.4. The fourth-order valence-electron chi connectivity index (χ4n) is 2.53. The molecule has 0 bridgehead atoms. The average Bonchev–Trinajstić information content (AvgIpc) is 2.48. The molecule has 1 fully saturated rings. The van der Waals surface area contributed by atoms with E-state index in [9.17, 15) is 8.42 Å². The predicted octanol–water partition coefficient (Wildman–Crippen LogP) is 2.83. The first-order valence-corrected chi connectivity index (χ1v) is 9.17. The van der Waals surface area contributed by atoms with Crippen LogP contribution in [0.4, 0.5) is 0 Å². The van der Waals surface area contributed by atoms with Crippen LogP contribution in [0.25, 0.3) is 0 Å². The third-order valence-corrected chi connectivity index (χ3v) is 5.99. The molecule has 1 aliphatic rings. The highest BCUT2D eigenvalue weighted by molar-refractivity contribution is 7.89. The van der Waals surface area contributed by atoms with E-state index < -0.39 is 10.0 Å². The Balaban J connectivity index is 0.00000242. The minimum Gasteiger partial charge on any atom is -0.315 e. The maximum Gasteiger partial charge on any atom is 0.240 e. The normalized spacial score (nSPS) is 19.5. The molecule has 6 heteroatoms. The first-order valence-electron chi connectivity index (χ1n) is 7.69. The third-order valence-electron chi connectivity index (χ3n) is 4.45. The van der Waals surface area contributed by atoms with E-state index in [0.29, 0.717) is 11.4 Å². The van der Waals surface area contributed by atoms with Gasteiger partial charge in [-0.1, -0.05) is 32.9 Å². The summed E-state index contributed by atoms with van der Waals surface area (Å²) >= 11 is 0. The van der Waals surface area contributed by atoms with E-state index in [4.69, 9.17) is 0 Å². The van der Waals surface area contributed by atoms with Crippen LogP contribution in [0, 0.1) is 0 Å². The van der Waals surface area contributed by atoms with Crippen molar-refractivity contribution in [2.45, 2.75) is 56.4 Å². The van der Waals surface area contributed by atoms with Crippen molar-refractivity contribution < 1.29 is 8.42 Å². The topological polar surface area (TPSA) is 58.2 Å². The standard InChI is InChI=1S/C16H26N2O2S.ClH/c1-4-16(2,3)13-7-9-15(10-8-13)21(19,20)18-14-6-5-11-17-12-14;/h7-10,14,17-18H,4-6,11-12H2,1-3H3;1H. The molecule has 0 saturated carbocycles. The second-order valence-electron chi connectivity index (χ2n) is 6.43. The van der Waals surface area contributed by atoms with Crippen molar-refractivity contribution in [3.63, 3.8) is 0 Å². The van der Waals surface area contributed by atoms with Gasteiger partial charge in [0.1, 0.15) is 0 Å². The Labute approximate surface area is 140 Å². The number of rotatable bonds is 5. The largest absolute Gasteiger partial charge is 0.315 e. The van der Waals surface area contributed by atoms with Gasteiger partial charge in [0.15, 0.2) is 0 Å². The Kier molecular flexibility index (Phi) is 6.86. The Hall–Kier alpha value is -0.620. The zero-order chi connectivity index (χ0) is 15.5. The van der Waals surface area contributed by atoms with Crippen molar-refractivity contribution in [1.82, 2.24) is 10.0 Å². The van der Waals surface area contributed by atoms with Crippen LogP contribution in [0.5, 0.6) is 0 Å². The van der Waals surface area contributed by atoms with Gasteiger partial charge in [0, 0.05) is 12.6 Å². The van der Waals surface area contributed by atoms with Gasteiger partial charge in [-0.3, -0.25) is 0 Å². The number of piperidine rings is 1. The SMILES string of the molecule is CCC(C)(C)c1ccc(S(=O)(=O)NC2CCCNC2)cc1.Cl. The van der Waals surface area contributed by atoms with E-state index >= 15 is 0 Å². The van der Waals surface area contributed by atoms with Gasteiger partial charge in [-0.25, -0.2) is 13.1 Å². The van der Waals surface area contributed by atoms with Crippen LogP contribution in [0.3, 0.4) is 0 Å². The van der Waals surface area contributed by atoms with Gasteiger partial charge in [0.05, 0.1) is 4.90 Å². The number of sulfonamides is 1. The molecular weight excluding hydrogens is 320 g/mol. The number of nitrogens with one attached hydrogen (secondary N) is 2. The van der Waals surface area contributed by atoms with Crippen molar-refractivity contribution in [2.75, 3.05) is 13.1 Å². The predicted molar refractivity (Wildman–Crippen MR) is 93.2 cm³/mol. The van der Waals surface area contributed by atoms with E-state index in [-0.39, 0.29) is 23.9 Å². The zero-order valence-electron chi connectivity index (χ0n) is 13.6. The van der Waals surface area contributed by atoms with Crippen molar-refractivity contribution >= 4 is 22.4 Å². The van der Waals surface area contributed by atoms with Gasteiger partial charge in [0.25, 0.3) is 0 Å². The molecule has 2 rings (SSSR count). The van der Waals surface area contributed by atoms with Crippen molar-refractivity contribution in [3.8, 4) is 0 Å². The molecule has 1 aliphatic heterocycles. The number of halogens is 1. The smallest absolute Gasteiger partial charge is 0.240 e. The molecule has 1 unspecified atom stereocenters. The van der Waals surface area contributed by atoms with E-state index in [1.165, 1.54) is 5.56 Å². The van der Waals surface area contributed by atoms with E-state index in [1.54, 1.807) is 12.1 Å². The Morgan fingerprint density at radius 3 is 2.41 bits per heavy atom. The van der Waals surface area contributed by atoms with Crippen molar-refractivity contribution in [1.29, 1.82) is 0 Å². The van der Waals surface area contributed by atoms with Crippen LogP contribution in [-0.4, -0.2) is 27.5 Å². The monoisotopic (exact) mass is 346 g/mol. The molecule has 0 spiro atoms. The Morgan fingerprint density at radius 1 is 1.27 bits per heavy atom. The highest BCUT2D eigenvalue weighted by Crippen LogP contribution is 2.27. The number of hydrogen-bond donors (Lipinski definition) is 2. The lowest BCUT2D eigenvalue weighted by molar-refractivity contribution is 0.428. The van der Waals surface area contributed by atoms with Gasteiger partial charge in [-0.15, -0.1) is 12.4 Å². The molecule has 22 heavy (non-hydrogen) atoms. The number of benzene rings is 1. The molecule has 1 aromatic carbocycles. The molecule has 1 aromatic rings. The summed E-state index contributed by atoms with van der Waals surface area (Å²) in [5.74, 6) is 0. The van der Waals surface area contributed by atoms with Crippen LogP contribution in [0.15, 0.2) is 29.2 Å². The quantitative estimate of drug-likeness (QED) is 0.861. The minimum absolute atomic E-state index is 0. The maximum absolute atomic E-state index is 12.4. The summed E-state index contributed by atoms with van der Waals surface area (Å²) in [4.78, 5) is 0.351. The molecule has 2 N–H and O–H groups in total. The number of hydrogen-bond acceptors (Lipinski definition) is 3. The molecular formula is C16H27ClN2O2S. The molecule has 1 heterocycles. The van der Waals surface area contributed by atoms with Crippen molar-refractivity contribution in [2.24, 2.45) is 0 Å². The Bertz CT molecular complexity index is 564. The molecule has 126 valence electrons. The summed E-state index contributed by atoms with van der Waals surface area (Å²) in [7, 11) is -3.42. The van der Waals surface area contributed by atoms with Crippen LogP contribution in [-0.2, 0) is 15.4 Å². The lowest BCUT2D eigenvalue weighted by Crippen LogP contribution is -2.45. The van der Waals surface area contributed by atoms with E-state index in [1.807, 2.05) is 12.1 Å². The molecule has 0 radical (unpaired) electrons.